The van der Waals surface area contributed by atoms with Gasteiger partial charge in [-0.2, -0.15) is 0 Å². The van der Waals surface area contributed by atoms with Crippen LogP contribution in [0.1, 0.15) is 11.1 Å². The number of halogens is 3. The fraction of sp³-hybridized carbons (Fsp3) is 0.0588. The van der Waals surface area contributed by atoms with E-state index in [1.807, 2.05) is 0 Å². The summed E-state index contributed by atoms with van der Waals surface area (Å²) in [4.78, 5) is 25.8. The third-order valence-electron chi connectivity index (χ3n) is 3.37. The summed E-state index contributed by atoms with van der Waals surface area (Å²) in [5.74, 6) is -1.21. The maximum Gasteiger partial charge on any atom is 0.293 e. The van der Waals surface area contributed by atoms with Crippen molar-refractivity contribution in [3.63, 3.8) is 0 Å². The van der Waals surface area contributed by atoms with Crippen LogP contribution in [0, 0.1) is 11.6 Å². The molecule has 0 aliphatic carbocycles. The fourth-order valence-electron chi connectivity index (χ4n) is 2.16. The van der Waals surface area contributed by atoms with E-state index in [9.17, 15) is 18.4 Å². The van der Waals surface area contributed by atoms with Crippen molar-refractivity contribution in [2.45, 2.75) is 6.54 Å². The minimum atomic E-state index is -0.422. The highest BCUT2D eigenvalue weighted by Crippen LogP contribution is 2.33. The lowest BCUT2D eigenvalue weighted by molar-refractivity contribution is -0.123. The van der Waals surface area contributed by atoms with E-state index in [1.54, 1.807) is 6.08 Å². The average molecular weight is 410 g/mol. The van der Waals surface area contributed by atoms with Crippen LogP contribution in [-0.2, 0) is 11.3 Å². The van der Waals surface area contributed by atoms with E-state index < -0.39 is 17.0 Å². The Morgan fingerprint density at radius 1 is 1.08 bits per heavy atom. The summed E-state index contributed by atoms with van der Waals surface area (Å²) in [6.07, 6.45) is 1.54. The molecule has 0 atom stereocenters. The van der Waals surface area contributed by atoms with Crippen molar-refractivity contribution >= 4 is 44.9 Å². The zero-order chi connectivity index (χ0) is 17.3. The Morgan fingerprint density at radius 3 is 2.46 bits per heavy atom. The zero-order valence-electron chi connectivity index (χ0n) is 12.1. The number of hydrogen-bond donors (Lipinski definition) is 0. The second-order valence-electron chi connectivity index (χ2n) is 5.07. The van der Waals surface area contributed by atoms with Gasteiger partial charge in [-0.25, -0.2) is 8.78 Å². The molecule has 0 N–H and O–H groups in total. The van der Waals surface area contributed by atoms with Crippen LogP contribution < -0.4 is 0 Å². The van der Waals surface area contributed by atoms with Crippen molar-refractivity contribution in [1.29, 1.82) is 0 Å². The summed E-state index contributed by atoms with van der Waals surface area (Å²) in [6.45, 7) is 0.0788. The van der Waals surface area contributed by atoms with Gasteiger partial charge in [0.05, 0.1) is 15.9 Å². The highest BCUT2D eigenvalue weighted by molar-refractivity contribution is 9.10. The van der Waals surface area contributed by atoms with Gasteiger partial charge in [0.2, 0.25) is 0 Å². The SMILES string of the molecule is O=C1S/C(=C\c2ccc(F)c(Br)c2)C(=O)N1Cc1ccc(F)cc1. The molecule has 0 saturated carbocycles. The topological polar surface area (TPSA) is 37.4 Å². The van der Waals surface area contributed by atoms with Crippen molar-refractivity contribution in [2.24, 2.45) is 0 Å². The van der Waals surface area contributed by atoms with Crippen LogP contribution in [-0.4, -0.2) is 16.0 Å². The Hall–Kier alpha value is -1.99. The number of carbonyl (C=O) groups is 2. The Labute approximate surface area is 149 Å². The normalized spacial score (nSPS) is 16.3. The van der Waals surface area contributed by atoms with Crippen LogP contribution in [0.3, 0.4) is 0 Å². The first kappa shape index (κ1) is 16.9. The first-order valence-electron chi connectivity index (χ1n) is 6.89. The van der Waals surface area contributed by atoms with E-state index in [4.69, 9.17) is 0 Å². The van der Waals surface area contributed by atoms with Crippen LogP contribution in [0.4, 0.5) is 13.6 Å². The van der Waals surface area contributed by atoms with Gasteiger partial charge in [-0.3, -0.25) is 14.5 Å². The van der Waals surface area contributed by atoms with Gasteiger partial charge in [-0.1, -0.05) is 18.2 Å². The van der Waals surface area contributed by atoms with Crippen LogP contribution in [0.25, 0.3) is 6.08 Å². The standard InChI is InChI=1S/C17H10BrF2NO2S/c18-13-7-11(3-6-14(13)20)8-15-16(22)21(17(23)24-15)9-10-1-4-12(19)5-2-10/h1-8H,9H2/b15-8-. The number of rotatable bonds is 3. The van der Waals surface area contributed by atoms with E-state index in [0.29, 0.717) is 11.1 Å². The molecule has 3 rings (SSSR count). The molecular formula is C17H10BrF2NO2S. The minimum Gasteiger partial charge on any atom is -0.268 e. The van der Waals surface area contributed by atoms with Crippen LogP contribution in [0.5, 0.6) is 0 Å². The van der Waals surface area contributed by atoms with Gasteiger partial charge < -0.3 is 0 Å². The Bertz CT molecular complexity index is 852. The number of imide groups is 1. The molecule has 0 aromatic heterocycles. The number of thioether (sulfide) groups is 1. The van der Waals surface area contributed by atoms with E-state index in [2.05, 4.69) is 15.9 Å². The van der Waals surface area contributed by atoms with Gasteiger partial charge in [0, 0.05) is 0 Å². The number of benzene rings is 2. The lowest BCUT2D eigenvalue weighted by Crippen LogP contribution is -2.27. The number of carbonyl (C=O) groups excluding carboxylic acids is 2. The van der Waals surface area contributed by atoms with Crippen molar-refractivity contribution in [1.82, 2.24) is 4.90 Å². The third-order valence-corrected chi connectivity index (χ3v) is 4.88. The van der Waals surface area contributed by atoms with E-state index in [-0.39, 0.29) is 21.7 Å². The maximum absolute atomic E-state index is 13.3. The molecule has 1 heterocycles. The van der Waals surface area contributed by atoms with Crippen molar-refractivity contribution in [3.8, 4) is 0 Å². The average Bonchev–Trinajstić information content (AvgIpc) is 2.80. The van der Waals surface area contributed by atoms with Gasteiger partial charge >= 0.3 is 0 Å². The molecule has 1 aliphatic rings. The fourth-order valence-corrected chi connectivity index (χ4v) is 3.40. The predicted octanol–water partition coefficient (Wildman–Crippen LogP) is 4.96. The Kier molecular flexibility index (Phi) is 4.82. The van der Waals surface area contributed by atoms with Crippen LogP contribution in [0.15, 0.2) is 51.8 Å². The molecule has 2 amide bonds. The molecule has 0 unspecified atom stereocenters. The van der Waals surface area contributed by atoms with Gasteiger partial charge in [0.1, 0.15) is 11.6 Å². The molecule has 0 spiro atoms. The molecule has 0 radical (unpaired) electrons. The molecule has 7 heteroatoms. The van der Waals surface area contributed by atoms with Crippen LogP contribution >= 0.6 is 27.7 Å². The summed E-state index contributed by atoms with van der Waals surface area (Å²) in [6, 6.07) is 9.94. The molecule has 24 heavy (non-hydrogen) atoms. The lowest BCUT2D eigenvalue weighted by Gasteiger charge is -2.12. The summed E-state index contributed by atoms with van der Waals surface area (Å²) < 4.78 is 26.5. The summed E-state index contributed by atoms with van der Waals surface area (Å²) in [5.41, 5.74) is 1.26. The minimum absolute atomic E-state index is 0.0788. The maximum atomic E-state index is 13.3. The van der Waals surface area contributed by atoms with Gasteiger partial charge in [-0.15, -0.1) is 0 Å². The lowest BCUT2D eigenvalue weighted by atomic mass is 10.2. The van der Waals surface area contributed by atoms with E-state index in [1.165, 1.54) is 42.5 Å². The molecule has 1 aliphatic heterocycles. The number of hydrogen-bond acceptors (Lipinski definition) is 3. The molecule has 3 nitrogen and oxygen atoms in total. The smallest absolute Gasteiger partial charge is 0.268 e. The highest BCUT2D eigenvalue weighted by Gasteiger charge is 2.34. The molecular weight excluding hydrogens is 400 g/mol. The van der Waals surface area contributed by atoms with E-state index in [0.717, 1.165) is 16.7 Å². The van der Waals surface area contributed by atoms with Crippen molar-refractivity contribution < 1.29 is 18.4 Å². The molecule has 1 saturated heterocycles. The molecule has 0 bridgehead atoms. The highest BCUT2D eigenvalue weighted by atomic mass is 79.9. The summed E-state index contributed by atoms with van der Waals surface area (Å²) in [5, 5.41) is -0.392. The van der Waals surface area contributed by atoms with Gasteiger partial charge in [0.15, 0.2) is 0 Å². The Morgan fingerprint density at radius 2 is 1.79 bits per heavy atom. The predicted molar refractivity (Wildman–Crippen MR) is 92.0 cm³/mol. The van der Waals surface area contributed by atoms with Gasteiger partial charge in [-0.05, 0) is 69.2 Å². The largest absolute Gasteiger partial charge is 0.293 e. The van der Waals surface area contributed by atoms with E-state index >= 15 is 0 Å². The number of amides is 2. The quantitative estimate of drug-likeness (QED) is 0.671. The molecule has 2 aromatic carbocycles. The zero-order valence-corrected chi connectivity index (χ0v) is 14.5. The third kappa shape index (κ3) is 3.57. The number of nitrogens with zero attached hydrogens (tertiary/aromatic N) is 1. The van der Waals surface area contributed by atoms with Crippen molar-refractivity contribution in [2.75, 3.05) is 0 Å². The summed E-state index contributed by atoms with van der Waals surface area (Å²) >= 11 is 3.90. The monoisotopic (exact) mass is 409 g/mol. The molecule has 2 aromatic rings. The molecule has 122 valence electrons. The van der Waals surface area contributed by atoms with Gasteiger partial charge in [0.25, 0.3) is 11.1 Å². The Balaban J connectivity index is 1.81. The first-order chi connectivity index (χ1) is 11.4. The summed E-state index contributed by atoms with van der Waals surface area (Å²) in [7, 11) is 0. The second kappa shape index (κ2) is 6.86. The van der Waals surface area contributed by atoms with Crippen molar-refractivity contribution in [3.05, 3.63) is 74.6 Å². The first-order valence-corrected chi connectivity index (χ1v) is 8.50. The second-order valence-corrected chi connectivity index (χ2v) is 6.92. The van der Waals surface area contributed by atoms with Crippen LogP contribution in [0.2, 0.25) is 0 Å². The molecule has 1 fully saturated rings.